The first-order chi connectivity index (χ1) is 18.4. The Balaban J connectivity index is 1.42. The van der Waals surface area contributed by atoms with Crippen LogP contribution in [-0.4, -0.2) is 51.1 Å². The standard InChI is InChI=1S/C27H29BrN2O6S2/c1-18-24(29-26(31)35-16-14-33-19-4-8-21(37-2)9-5-19)13-12-23(28)25(18)30-27(32)36-17-15-34-20-6-10-22(38-3)11-7-20/h4-13H,14-17H2,1-3H3,(H,29,31)(H,30,32). The number of benzene rings is 3. The molecule has 0 aliphatic rings. The number of carbonyl (C=O) groups excluding carboxylic acids is 2. The van der Waals surface area contributed by atoms with E-state index in [1.807, 2.05) is 61.0 Å². The highest BCUT2D eigenvalue weighted by molar-refractivity contribution is 9.10. The minimum Gasteiger partial charge on any atom is -0.490 e. The van der Waals surface area contributed by atoms with Crippen LogP contribution >= 0.6 is 39.5 Å². The van der Waals surface area contributed by atoms with E-state index >= 15 is 0 Å². The molecule has 3 aromatic rings. The fourth-order valence-corrected chi connectivity index (χ4v) is 4.53. The third-order valence-electron chi connectivity index (χ3n) is 5.17. The average Bonchev–Trinajstić information content (AvgIpc) is 2.93. The van der Waals surface area contributed by atoms with Crippen molar-refractivity contribution in [3.63, 3.8) is 0 Å². The zero-order valence-electron chi connectivity index (χ0n) is 21.2. The summed E-state index contributed by atoms with van der Waals surface area (Å²) in [5.41, 5.74) is 1.58. The first kappa shape index (κ1) is 29.5. The molecule has 0 aliphatic heterocycles. The SMILES string of the molecule is CSc1ccc(OCCOC(=O)Nc2ccc(Br)c(NC(=O)OCCOc3ccc(SC)cc3)c2C)cc1. The minimum atomic E-state index is -0.641. The number of carbonyl (C=O) groups is 2. The summed E-state index contributed by atoms with van der Waals surface area (Å²) in [7, 11) is 0. The Morgan fingerprint density at radius 3 is 1.66 bits per heavy atom. The maximum Gasteiger partial charge on any atom is 0.411 e. The number of thioether (sulfide) groups is 2. The molecule has 3 rings (SSSR count). The van der Waals surface area contributed by atoms with Gasteiger partial charge >= 0.3 is 12.2 Å². The van der Waals surface area contributed by atoms with E-state index in [1.54, 1.807) is 42.6 Å². The van der Waals surface area contributed by atoms with Gasteiger partial charge in [0.1, 0.15) is 37.9 Å². The number of amides is 2. The lowest BCUT2D eigenvalue weighted by Gasteiger charge is -2.15. The van der Waals surface area contributed by atoms with E-state index in [1.165, 1.54) is 0 Å². The smallest absolute Gasteiger partial charge is 0.411 e. The first-order valence-corrected chi connectivity index (χ1v) is 14.8. The lowest BCUT2D eigenvalue weighted by molar-refractivity contribution is 0.137. The van der Waals surface area contributed by atoms with Crippen molar-refractivity contribution in [1.82, 2.24) is 0 Å². The molecule has 0 aliphatic carbocycles. The van der Waals surface area contributed by atoms with Crippen molar-refractivity contribution in [3.05, 3.63) is 70.7 Å². The Hall–Kier alpha value is -3.02. The van der Waals surface area contributed by atoms with Crippen LogP contribution in [0.2, 0.25) is 0 Å². The van der Waals surface area contributed by atoms with Crippen molar-refractivity contribution >= 4 is 63.0 Å². The van der Waals surface area contributed by atoms with Gasteiger partial charge in [-0.2, -0.15) is 0 Å². The molecule has 38 heavy (non-hydrogen) atoms. The van der Waals surface area contributed by atoms with Gasteiger partial charge < -0.3 is 18.9 Å². The summed E-state index contributed by atoms with van der Waals surface area (Å²) in [6.45, 7) is 2.34. The molecule has 0 saturated carbocycles. The zero-order chi connectivity index (χ0) is 27.3. The highest BCUT2D eigenvalue weighted by Crippen LogP contribution is 2.32. The lowest BCUT2D eigenvalue weighted by atomic mass is 10.1. The molecule has 0 saturated heterocycles. The monoisotopic (exact) mass is 620 g/mol. The van der Waals surface area contributed by atoms with Gasteiger partial charge in [-0.05, 0) is 102 Å². The van der Waals surface area contributed by atoms with Crippen LogP contribution in [0, 0.1) is 6.92 Å². The van der Waals surface area contributed by atoms with Crippen LogP contribution < -0.4 is 20.1 Å². The van der Waals surface area contributed by atoms with Crippen LogP contribution in [0.15, 0.2) is 74.9 Å². The second-order valence-electron chi connectivity index (χ2n) is 7.66. The van der Waals surface area contributed by atoms with Crippen LogP contribution in [0.25, 0.3) is 0 Å². The maximum atomic E-state index is 12.3. The number of ether oxygens (including phenoxy) is 4. The Bertz CT molecular complexity index is 1210. The summed E-state index contributed by atoms with van der Waals surface area (Å²) in [5.74, 6) is 1.40. The molecule has 202 valence electrons. The van der Waals surface area contributed by atoms with Crippen LogP contribution in [0.1, 0.15) is 5.56 Å². The summed E-state index contributed by atoms with van der Waals surface area (Å²) in [5, 5.41) is 5.39. The molecular formula is C27H29BrN2O6S2. The van der Waals surface area contributed by atoms with Crippen molar-refractivity contribution in [2.75, 3.05) is 49.6 Å². The number of nitrogens with one attached hydrogen (secondary N) is 2. The van der Waals surface area contributed by atoms with Crippen LogP contribution in [0.3, 0.4) is 0 Å². The summed E-state index contributed by atoms with van der Waals surface area (Å²) < 4.78 is 22.3. The van der Waals surface area contributed by atoms with Gasteiger partial charge in [-0.15, -0.1) is 23.5 Å². The van der Waals surface area contributed by atoms with Gasteiger partial charge in [0.15, 0.2) is 0 Å². The summed E-state index contributed by atoms with van der Waals surface area (Å²) >= 11 is 6.72. The quantitative estimate of drug-likeness (QED) is 0.159. The van der Waals surface area contributed by atoms with Crippen LogP contribution in [-0.2, 0) is 9.47 Å². The Morgan fingerprint density at radius 1 is 0.711 bits per heavy atom. The first-order valence-electron chi connectivity index (χ1n) is 11.6. The number of hydrogen-bond acceptors (Lipinski definition) is 8. The average molecular weight is 622 g/mol. The molecule has 0 aromatic heterocycles. The van der Waals surface area contributed by atoms with Crippen molar-refractivity contribution in [2.24, 2.45) is 0 Å². The van der Waals surface area contributed by atoms with E-state index in [9.17, 15) is 9.59 Å². The predicted molar refractivity (Wildman–Crippen MR) is 156 cm³/mol. The number of hydrogen-bond donors (Lipinski definition) is 2. The Labute approximate surface area is 239 Å². The molecule has 8 nitrogen and oxygen atoms in total. The van der Waals surface area contributed by atoms with Crippen molar-refractivity contribution in [3.8, 4) is 11.5 Å². The molecule has 0 unspecified atom stereocenters. The maximum absolute atomic E-state index is 12.3. The van der Waals surface area contributed by atoms with Gasteiger partial charge in [0.05, 0.1) is 5.69 Å². The van der Waals surface area contributed by atoms with Crippen molar-refractivity contribution < 1.29 is 28.5 Å². The third-order valence-corrected chi connectivity index (χ3v) is 7.32. The fraction of sp³-hybridized carbons (Fsp3) is 0.259. The van der Waals surface area contributed by atoms with Gasteiger partial charge in [0, 0.05) is 20.0 Å². The molecule has 2 N–H and O–H groups in total. The summed E-state index contributed by atoms with van der Waals surface area (Å²) in [6, 6.07) is 18.7. The lowest BCUT2D eigenvalue weighted by Crippen LogP contribution is -2.20. The minimum absolute atomic E-state index is 0.0703. The molecular weight excluding hydrogens is 592 g/mol. The van der Waals surface area contributed by atoms with E-state index < -0.39 is 12.2 Å². The Morgan fingerprint density at radius 2 is 1.18 bits per heavy atom. The Kier molecular flexibility index (Phi) is 12.0. The second kappa shape index (κ2) is 15.4. The molecule has 0 atom stereocenters. The van der Waals surface area contributed by atoms with Gasteiger partial charge in [-0.1, -0.05) is 0 Å². The molecule has 2 amide bonds. The van der Waals surface area contributed by atoms with E-state index in [2.05, 4.69) is 26.6 Å². The molecule has 0 spiro atoms. The van der Waals surface area contributed by atoms with Gasteiger partial charge in [-0.25, -0.2) is 9.59 Å². The van der Waals surface area contributed by atoms with Gasteiger partial charge in [0.2, 0.25) is 0 Å². The van der Waals surface area contributed by atoms with Crippen molar-refractivity contribution in [2.45, 2.75) is 16.7 Å². The molecule has 11 heteroatoms. The third kappa shape index (κ3) is 9.38. The molecule has 0 radical (unpaired) electrons. The summed E-state index contributed by atoms with van der Waals surface area (Å²) in [6.07, 6.45) is 2.74. The van der Waals surface area contributed by atoms with Crippen LogP contribution in [0.5, 0.6) is 11.5 Å². The highest BCUT2D eigenvalue weighted by atomic mass is 79.9. The normalized spacial score (nSPS) is 10.4. The number of halogens is 1. The van der Waals surface area contributed by atoms with Gasteiger partial charge in [-0.3, -0.25) is 10.6 Å². The predicted octanol–water partition coefficient (Wildman–Crippen LogP) is 7.46. The fourth-order valence-electron chi connectivity index (χ4n) is 3.18. The number of anilines is 2. The number of rotatable bonds is 12. The second-order valence-corrected chi connectivity index (χ2v) is 10.3. The molecule has 0 heterocycles. The molecule has 0 bridgehead atoms. The van der Waals surface area contributed by atoms with Gasteiger partial charge in [0.25, 0.3) is 0 Å². The van der Waals surface area contributed by atoms with E-state index in [4.69, 9.17) is 18.9 Å². The largest absolute Gasteiger partial charge is 0.490 e. The van der Waals surface area contributed by atoms with Crippen molar-refractivity contribution in [1.29, 1.82) is 0 Å². The molecule has 0 fully saturated rings. The van der Waals surface area contributed by atoms with E-state index in [0.29, 0.717) is 32.9 Å². The highest BCUT2D eigenvalue weighted by Gasteiger charge is 2.15. The molecule has 3 aromatic carbocycles. The summed E-state index contributed by atoms with van der Waals surface area (Å²) in [4.78, 5) is 26.9. The van der Waals surface area contributed by atoms with E-state index in [-0.39, 0.29) is 26.4 Å². The zero-order valence-corrected chi connectivity index (χ0v) is 24.5. The van der Waals surface area contributed by atoms with E-state index in [0.717, 1.165) is 9.79 Å². The van der Waals surface area contributed by atoms with Crippen LogP contribution in [0.4, 0.5) is 21.0 Å². The topological polar surface area (TPSA) is 95.1 Å².